The number of rotatable bonds is 6. The van der Waals surface area contributed by atoms with E-state index < -0.39 is 17.7 Å². The Morgan fingerprint density at radius 2 is 1.80 bits per heavy atom. The Bertz CT molecular complexity index is 1280. The van der Waals surface area contributed by atoms with Gasteiger partial charge in [0.05, 0.1) is 33.1 Å². The summed E-state index contributed by atoms with van der Waals surface area (Å²) < 4.78 is 26.1. The first-order chi connectivity index (χ1) is 16.7. The molecule has 35 heavy (non-hydrogen) atoms. The highest BCUT2D eigenvalue weighted by Crippen LogP contribution is 2.45. The van der Waals surface area contributed by atoms with Crippen LogP contribution in [0.2, 0.25) is 20.1 Å². The zero-order chi connectivity index (χ0) is 25.3. The molecule has 1 unspecified atom stereocenters. The van der Waals surface area contributed by atoms with Crippen LogP contribution in [0.3, 0.4) is 0 Å². The highest BCUT2D eigenvalue weighted by atomic mass is 35.5. The summed E-state index contributed by atoms with van der Waals surface area (Å²) in [6.45, 7) is 1.86. The van der Waals surface area contributed by atoms with Gasteiger partial charge >= 0.3 is 5.97 Å². The summed E-state index contributed by atoms with van der Waals surface area (Å²) in [5.74, 6) is -2.50. The van der Waals surface area contributed by atoms with Gasteiger partial charge in [-0.2, -0.15) is 0 Å². The smallest absolute Gasteiger partial charge is 0.336 e. The molecule has 2 aromatic carbocycles. The topological polar surface area (TPSA) is 76.7 Å². The molecule has 0 aliphatic carbocycles. The van der Waals surface area contributed by atoms with Gasteiger partial charge in [0, 0.05) is 29.1 Å². The molecule has 0 bridgehead atoms. The number of benzene rings is 2. The summed E-state index contributed by atoms with van der Waals surface area (Å²) in [5, 5.41) is 6.65. The predicted octanol–water partition coefficient (Wildman–Crippen LogP) is 5.45. The number of halogens is 5. The number of allylic oxidation sites excluding steroid dienone is 1. The van der Waals surface area contributed by atoms with Crippen molar-refractivity contribution in [2.45, 2.75) is 12.8 Å². The maximum Gasteiger partial charge on any atom is 0.336 e. The van der Waals surface area contributed by atoms with E-state index in [0.29, 0.717) is 28.7 Å². The molecule has 2 aromatic rings. The molecule has 4 rings (SSSR count). The number of ether oxygens (including phenoxy) is 2. The number of carbonyl (C=O) groups excluding carboxylic acids is 2. The molecule has 0 amide bonds. The van der Waals surface area contributed by atoms with E-state index in [0.717, 1.165) is 6.07 Å². The molecule has 184 valence electrons. The lowest BCUT2D eigenvalue weighted by Gasteiger charge is -2.34. The highest BCUT2D eigenvalue weighted by molar-refractivity contribution is 6.43. The Morgan fingerprint density at radius 1 is 1.06 bits per heavy atom. The van der Waals surface area contributed by atoms with Crippen LogP contribution in [-0.4, -0.2) is 38.1 Å². The van der Waals surface area contributed by atoms with Gasteiger partial charge in [-0.3, -0.25) is 4.79 Å². The molecule has 2 aliphatic heterocycles. The van der Waals surface area contributed by atoms with Crippen LogP contribution in [0.1, 0.15) is 18.4 Å². The molecule has 2 heterocycles. The fourth-order valence-corrected chi connectivity index (χ4v) is 4.86. The zero-order valence-electron chi connectivity index (χ0n) is 18.3. The van der Waals surface area contributed by atoms with E-state index in [4.69, 9.17) is 55.9 Å². The summed E-state index contributed by atoms with van der Waals surface area (Å²) in [4.78, 5) is 26.1. The first-order valence-electron chi connectivity index (χ1n) is 10.5. The minimum absolute atomic E-state index is 0.0146. The molecule has 2 N–H and O–H groups in total. The van der Waals surface area contributed by atoms with Gasteiger partial charge in [0.25, 0.3) is 0 Å². The van der Waals surface area contributed by atoms with Crippen molar-refractivity contribution in [3.63, 3.8) is 0 Å². The lowest BCUT2D eigenvalue weighted by molar-refractivity contribution is -0.140. The molecule has 0 saturated carbocycles. The standard InChI is InChI=1S/C24H19Cl4FN2O4/c1-11-18(24(33)35-8-7-34-17-4-2-3-12(25)22(17)27)21(19-14(29)6-5-13(26)23(19)28)20-15(31-11)9-30-10-16(20)32/h2-6,21,30-31H,7-10H2,1H3. The van der Waals surface area contributed by atoms with Gasteiger partial charge in [0.15, 0.2) is 5.78 Å². The van der Waals surface area contributed by atoms with Gasteiger partial charge in [0.1, 0.15) is 29.8 Å². The van der Waals surface area contributed by atoms with Crippen molar-refractivity contribution in [1.29, 1.82) is 0 Å². The summed E-state index contributed by atoms with van der Waals surface area (Å²) in [6.07, 6.45) is 0. The molecule has 0 radical (unpaired) electrons. The highest BCUT2D eigenvalue weighted by Gasteiger charge is 2.41. The van der Waals surface area contributed by atoms with Crippen LogP contribution >= 0.6 is 46.4 Å². The van der Waals surface area contributed by atoms with E-state index in [-0.39, 0.29) is 57.3 Å². The Balaban J connectivity index is 1.62. The van der Waals surface area contributed by atoms with Gasteiger partial charge in [-0.05, 0) is 31.2 Å². The largest absolute Gasteiger partial charge is 0.488 e. The van der Waals surface area contributed by atoms with Gasteiger partial charge in [-0.1, -0.05) is 52.5 Å². The van der Waals surface area contributed by atoms with Gasteiger partial charge < -0.3 is 20.1 Å². The number of nitrogens with one attached hydrogen (secondary N) is 2. The SMILES string of the molecule is CC1=C(C(=O)OCCOc2cccc(Cl)c2Cl)C(c2c(F)ccc(Cl)c2Cl)C2=C(CNCC2=O)N1. The number of Topliss-reactive ketones (excluding diaryl/α,β-unsaturated/α-hetero) is 1. The summed E-state index contributed by atoms with van der Waals surface area (Å²) in [7, 11) is 0. The van der Waals surface area contributed by atoms with Crippen molar-refractivity contribution in [2.24, 2.45) is 0 Å². The summed E-state index contributed by atoms with van der Waals surface area (Å²) in [6, 6.07) is 7.39. The Hall–Kier alpha value is -2.29. The first kappa shape index (κ1) is 25.8. The fourth-order valence-electron chi connectivity index (χ4n) is 4.09. The third-order valence-electron chi connectivity index (χ3n) is 5.61. The second-order valence-corrected chi connectivity index (χ2v) is 9.38. The number of hydrogen-bond acceptors (Lipinski definition) is 6. The Morgan fingerprint density at radius 3 is 2.57 bits per heavy atom. The molecule has 1 atom stereocenters. The Kier molecular flexibility index (Phi) is 7.93. The minimum Gasteiger partial charge on any atom is -0.488 e. The maximum absolute atomic E-state index is 15.1. The molecule has 0 aromatic heterocycles. The maximum atomic E-state index is 15.1. The first-order valence-corrected chi connectivity index (χ1v) is 12.0. The van der Waals surface area contributed by atoms with Crippen LogP contribution < -0.4 is 15.4 Å². The molecular formula is C24H19Cl4FN2O4. The molecule has 2 aliphatic rings. The minimum atomic E-state index is -1.09. The van der Waals surface area contributed by atoms with Crippen LogP contribution in [0.4, 0.5) is 4.39 Å². The molecule has 0 spiro atoms. The molecule has 6 nitrogen and oxygen atoms in total. The van der Waals surface area contributed by atoms with Crippen molar-refractivity contribution in [1.82, 2.24) is 10.6 Å². The Labute approximate surface area is 221 Å². The molecular weight excluding hydrogens is 541 g/mol. The van der Waals surface area contributed by atoms with Crippen molar-refractivity contribution in [3.8, 4) is 5.75 Å². The number of hydrogen-bond donors (Lipinski definition) is 2. The van der Waals surface area contributed by atoms with E-state index in [1.54, 1.807) is 25.1 Å². The second-order valence-electron chi connectivity index (χ2n) is 7.81. The average molecular weight is 560 g/mol. The second kappa shape index (κ2) is 10.8. The van der Waals surface area contributed by atoms with E-state index in [9.17, 15) is 9.59 Å². The van der Waals surface area contributed by atoms with Crippen LogP contribution in [0, 0.1) is 5.82 Å². The average Bonchev–Trinajstić information content (AvgIpc) is 2.81. The van der Waals surface area contributed by atoms with Crippen LogP contribution in [-0.2, 0) is 14.3 Å². The normalized spacial score (nSPS) is 17.8. The van der Waals surface area contributed by atoms with E-state index >= 15 is 4.39 Å². The number of esters is 1. The van der Waals surface area contributed by atoms with Crippen LogP contribution in [0.5, 0.6) is 5.75 Å². The lowest BCUT2D eigenvalue weighted by atomic mass is 9.77. The van der Waals surface area contributed by atoms with E-state index in [1.807, 2.05) is 0 Å². The van der Waals surface area contributed by atoms with Gasteiger partial charge in [-0.15, -0.1) is 0 Å². The number of carbonyl (C=O) groups is 2. The van der Waals surface area contributed by atoms with Crippen molar-refractivity contribution in [3.05, 3.63) is 84.3 Å². The van der Waals surface area contributed by atoms with Crippen LogP contribution in [0.25, 0.3) is 0 Å². The van der Waals surface area contributed by atoms with Crippen molar-refractivity contribution < 1.29 is 23.5 Å². The van der Waals surface area contributed by atoms with Crippen molar-refractivity contribution >= 4 is 58.2 Å². The number of dihydropyridines is 1. The van der Waals surface area contributed by atoms with E-state index in [1.165, 1.54) is 6.07 Å². The lowest BCUT2D eigenvalue weighted by Crippen LogP contribution is -2.43. The zero-order valence-corrected chi connectivity index (χ0v) is 21.3. The third kappa shape index (κ3) is 5.15. The van der Waals surface area contributed by atoms with Crippen LogP contribution in [0.15, 0.2) is 52.9 Å². The van der Waals surface area contributed by atoms with Crippen molar-refractivity contribution in [2.75, 3.05) is 26.3 Å². The summed E-state index contributed by atoms with van der Waals surface area (Å²) >= 11 is 24.6. The van der Waals surface area contributed by atoms with Gasteiger partial charge in [-0.25, -0.2) is 9.18 Å². The van der Waals surface area contributed by atoms with E-state index in [2.05, 4.69) is 10.6 Å². The molecule has 0 fully saturated rings. The molecule has 11 heteroatoms. The summed E-state index contributed by atoms with van der Waals surface area (Å²) in [5.41, 5.74) is 1.19. The quantitative estimate of drug-likeness (QED) is 0.278. The molecule has 0 saturated heterocycles. The number of ketones is 1. The third-order valence-corrected chi connectivity index (χ3v) is 7.23. The fraction of sp³-hybridized carbons (Fsp3) is 0.250. The monoisotopic (exact) mass is 558 g/mol. The van der Waals surface area contributed by atoms with Gasteiger partial charge in [0.2, 0.25) is 0 Å². The predicted molar refractivity (Wildman–Crippen MR) is 133 cm³/mol.